The molecule has 0 bridgehead atoms. The maximum Gasteiger partial charge on any atom is 0.270 e. The smallest absolute Gasteiger partial charge is 0.270 e. The molecule has 7 rings (SSSR count). The van der Waals surface area contributed by atoms with E-state index >= 15 is 0 Å². The van der Waals surface area contributed by atoms with Gasteiger partial charge >= 0.3 is 0 Å². The molecule has 0 atom stereocenters. The highest BCUT2D eigenvalue weighted by Crippen LogP contribution is 2.36. The van der Waals surface area contributed by atoms with Crippen molar-refractivity contribution in [3.8, 4) is 28.8 Å². The number of hydrogen-bond acceptors (Lipinski definition) is 3. The van der Waals surface area contributed by atoms with Gasteiger partial charge in [0.05, 0.1) is 19.5 Å². The van der Waals surface area contributed by atoms with Gasteiger partial charge in [-0.1, -0.05) is 86.6 Å². The van der Waals surface area contributed by atoms with E-state index in [1.54, 1.807) is 35.2 Å². The molecule has 0 radical (unpaired) electrons. The van der Waals surface area contributed by atoms with E-state index in [0.717, 1.165) is 38.6 Å². The number of fused-ring (bicyclic) bond motifs is 3. The minimum Gasteiger partial charge on any atom is -0.458 e. The largest absolute Gasteiger partial charge is 0.458 e. The lowest BCUT2D eigenvalue weighted by molar-refractivity contribution is -0.599. The molecule has 0 aliphatic carbocycles. The lowest BCUT2D eigenvalue weighted by atomic mass is 9.80. The molecule has 0 unspecified atom stereocenters. The SMILES string of the molecule is [2H]c1c([2H])[n+](-c2cc(C(C)(C)C)cc(C(C)(C)C)c2)[c-]n1-c1cc(Oc2ccc3c4ccccc4n(-c4cc(C([2H])([2H])C(C)(C)C)ccn4)c3c2)ccn1. The molecule has 50 heavy (non-hydrogen) atoms. The Balaban J connectivity index is 1.27. The van der Waals surface area contributed by atoms with Crippen LogP contribution in [0.2, 0.25) is 0 Å². The third-order valence-electron chi connectivity index (χ3n) is 8.70. The Hall–Kier alpha value is -5.23. The summed E-state index contributed by atoms with van der Waals surface area (Å²) in [5.41, 5.74) is 4.59. The van der Waals surface area contributed by atoms with E-state index in [2.05, 4.69) is 77.1 Å². The molecular weight excluding hydrogens is 615 g/mol. The summed E-state index contributed by atoms with van der Waals surface area (Å²) < 4.78 is 47.2. The zero-order valence-electron chi connectivity index (χ0n) is 34.4. The maximum absolute atomic E-state index is 8.92. The van der Waals surface area contributed by atoms with Crippen molar-refractivity contribution >= 4 is 21.8 Å². The van der Waals surface area contributed by atoms with E-state index in [-0.39, 0.29) is 23.2 Å². The van der Waals surface area contributed by atoms with Gasteiger partial charge in [-0.2, -0.15) is 0 Å². The molecule has 0 amide bonds. The number of nitrogens with zero attached hydrogens (tertiary/aromatic N) is 5. The third kappa shape index (κ3) is 6.80. The quantitative estimate of drug-likeness (QED) is 0.131. The molecule has 6 nitrogen and oxygen atoms in total. The molecule has 254 valence electrons. The van der Waals surface area contributed by atoms with Crippen LogP contribution in [-0.2, 0) is 17.2 Å². The topological polar surface area (TPSA) is 48.8 Å². The number of aromatic nitrogens is 5. The van der Waals surface area contributed by atoms with Gasteiger partial charge in [0.1, 0.15) is 17.3 Å². The summed E-state index contributed by atoms with van der Waals surface area (Å²) in [5.74, 6) is 2.10. The lowest BCUT2D eigenvalue weighted by Crippen LogP contribution is -2.30. The highest BCUT2D eigenvalue weighted by atomic mass is 16.5. The number of hydrogen-bond donors (Lipinski definition) is 0. The first-order valence-corrected chi connectivity index (χ1v) is 17.1. The van der Waals surface area contributed by atoms with Gasteiger partial charge in [0, 0.05) is 50.4 Å². The summed E-state index contributed by atoms with van der Waals surface area (Å²) in [7, 11) is 0. The van der Waals surface area contributed by atoms with Crippen LogP contribution >= 0.6 is 0 Å². The van der Waals surface area contributed by atoms with Crippen molar-refractivity contribution in [2.24, 2.45) is 5.41 Å². The van der Waals surface area contributed by atoms with E-state index in [0.29, 0.717) is 28.7 Å². The molecule has 0 spiro atoms. The van der Waals surface area contributed by atoms with E-state index in [9.17, 15) is 0 Å². The van der Waals surface area contributed by atoms with E-state index in [1.807, 2.05) is 67.8 Å². The number of para-hydroxylation sites is 1. The van der Waals surface area contributed by atoms with Gasteiger partial charge in [-0.3, -0.25) is 18.7 Å². The van der Waals surface area contributed by atoms with Crippen LogP contribution in [0.1, 0.15) is 84.5 Å². The first kappa shape index (κ1) is 28.6. The number of benzene rings is 3. The number of imidazole rings is 1. The van der Waals surface area contributed by atoms with E-state index in [1.165, 1.54) is 4.57 Å². The Morgan fingerprint density at radius 1 is 0.720 bits per heavy atom. The Kier molecular flexibility index (Phi) is 7.02. The van der Waals surface area contributed by atoms with Crippen LogP contribution < -0.4 is 9.30 Å². The van der Waals surface area contributed by atoms with Crippen LogP contribution in [0, 0.1) is 11.7 Å². The fraction of sp³-hybridized carbons (Fsp3) is 0.295. The summed E-state index contributed by atoms with van der Waals surface area (Å²) in [6, 6.07) is 27.5. The Bertz CT molecular complexity index is 2520. The standard InChI is InChI=1S/C44H47N5O/c1-42(2,3)28-30-16-18-46-41(22-30)49-38-13-11-10-12-36(38)37-15-14-34(26-39(37)49)50-35-17-19-45-40(27-35)48-21-20-47(29-48)33-24-31(43(4,5)6)23-32(25-33)44(7,8)9/h10-27H,28H2,1-9H3/i20D,21D,28D2. The summed E-state index contributed by atoms with van der Waals surface area (Å²) in [4.78, 5) is 9.26. The molecule has 0 aliphatic heterocycles. The van der Waals surface area contributed by atoms with Crippen molar-refractivity contribution in [1.82, 2.24) is 19.1 Å². The van der Waals surface area contributed by atoms with Crippen molar-refractivity contribution in [1.29, 1.82) is 0 Å². The van der Waals surface area contributed by atoms with Gasteiger partial charge in [-0.25, -0.2) is 4.98 Å². The average molecular weight is 666 g/mol. The fourth-order valence-corrected chi connectivity index (χ4v) is 6.12. The highest BCUT2D eigenvalue weighted by molar-refractivity contribution is 6.09. The fourth-order valence-electron chi connectivity index (χ4n) is 6.12. The molecule has 0 fully saturated rings. The molecule has 3 aromatic carbocycles. The van der Waals surface area contributed by atoms with E-state index in [4.69, 9.17) is 15.2 Å². The minimum absolute atomic E-state index is 0.000531. The Morgan fingerprint density at radius 3 is 2.10 bits per heavy atom. The molecule has 6 heteroatoms. The molecule has 0 saturated carbocycles. The minimum atomic E-state index is -1.58. The zero-order valence-corrected chi connectivity index (χ0v) is 30.4. The Morgan fingerprint density at radius 2 is 1.38 bits per heavy atom. The highest BCUT2D eigenvalue weighted by Gasteiger charge is 2.22. The predicted octanol–water partition coefficient (Wildman–Crippen LogP) is 10.4. The van der Waals surface area contributed by atoms with Gasteiger partial charge in [0.15, 0.2) is 5.82 Å². The summed E-state index contributed by atoms with van der Waals surface area (Å²) in [6.45, 7) is 18.7. The van der Waals surface area contributed by atoms with Crippen molar-refractivity contribution < 1.29 is 14.8 Å². The van der Waals surface area contributed by atoms with E-state index < -0.39 is 11.8 Å². The monoisotopic (exact) mass is 665 g/mol. The second kappa shape index (κ2) is 12.3. The third-order valence-corrected chi connectivity index (χ3v) is 8.70. The van der Waals surface area contributed by atoms with Gasteiger partial charge in [0.25, 0.3) is 6.33 Å². The van der Waals surface area contributed by atoms with Crippen molar-refractivity contribution in [2.75, 3.05) is 0 Å². The van der Waals surface area contributed by atoms with Crippen LogP contribution in [0.25, 0.3) is 39.1 Å². The zero-order chi connectivity index (χ0) is 39.0. The van der Waals surface area contributed by atoms with Crippen LogP contribution in [0.5, 0.6) is 11.5 Å². The van der Waals surface area contributed by atoms with Crippen LogP contribution in [0.4, 0.5) is 0 Å². The lowest BCUT2D eigenvalue weighted by Gasteiger charge is -2.26. The van der Waals surface area contributed by atoms with Crippen molar-refractivity contribution in [3.63, 3.8) is 0 Å². The van der Waals surface area contributed by atoms with Gasteiger partial charge in [0.2, 0.25) is 0 Å². The average Bonchev–Trinajstić information content (AvgIpc) is 3.60. The maximum atomic E-state index is 8.92. The number of rotatable bonds is 6. The van der Waals surface area contributed by atoms with Crippen LogP contribution in [0.3, 0.4) is 0 Å². The normalized spacial score (nSPS) is 14.0. The molecule has 7 aromatic rings. The van der Waals surface area contributed by atoms with Gasteiger partial charge < -0.3 is 4.74 Å². The molecule has 0 saturated heterocycles. The predicted molar refractivity (Wildman–Crippen MR) is 203 cm³/mol. The van der Waals surface area contributed by atoms with Gasteiger partial charge in [-0.05, 0) is 87.8 Å². The molecular formula is C44H47N5O. The van der Waals surface area contributed by atoms with Crippen molar-refractivity contribution in [3.05, 3.63) is 133 Å². The first-order chi connectivity index (χ1) is 25.2. The summed E-state index contributed by atoms with van der Waals surface area (Å²) in [5, 5.41) is 2.06. The van der Waals surface area contributed by atoms with Crippen LogP contribution in [0.15, 0.2) is 110 Å². The molecule has 4 aromatic heterocycles. The first-order valence-electron chi connectivity index (χ1n) is 19.1. The van der Waals surface area contributed by atoms with Crippen molar-refractivity contribution in [2.45, 2.75) is 79.5 Å². The second-order valence-corrected chi connectivity index (χ2v) is 16.0. The number of ether oxygens (including phenoxy) is 1. The molecule has 0 aliphatic rings. The Labute approximate surface area is 301 Å². The molecule has 4 heterocycles. The summed E-state index contributed by atoms with van der Waals surface area (Å²) >= 11 is 0. The summed E-state index contributed by atoms with van der Waals surface area (Å²) in [6.07, 6.45) is 4.89. The second-order valence-electron chi connectivity index (χ2n) is 16.0. The number of pyridine rings is 2. The van der Waals surface area contributed by atoms with Crippen LogP contribution in [-0.4, -0.2) is 19.1 Å². The van der Waals surface area contributed by atoms with Gasteiger partial charge in [-0.15, -0.1) is 0 Å². The molecule has 0 N–H and O–H groups in total.